The van der Waals surface area contributed by atoms with Crippen molar-refractivity contribution < 1.29 is 36.5 Å². The van der Waals surface area contributed by atoms with Crippen molar-refractivity contribution in [1.82, 2.24) is 0 Å². The number of hydrogen-bond donors (Lipinski definition) is 0. The SMILES string of the molecule is COc1cc(C(=O)ON=C2C=CC(=NOS(=O)(=O)c3ccccc3)C=C2)cc(OC)c1OC. The molecule has 0 amide bonds. The molecular formula is C22H20N2O8S. The van der Waals surface area contributed by atoms with Gasteiger partial charge < -0.3 is 19.0 Å². The molecule has 1 aliphatic carbocycles. The van der Waals surface area contributed by atoms with Crippen LogP contribution in [0.1, 0.15) is 10.4 Å². The van der Waals surface area contributed by atoms with Gasteiger partial charge in [0.15, 0.2) is 11.5 Å². The molecule has 0 saturated heterocycles. The fourth-order valence-electron chi connectivity index (χ4n) is 2.64. The van der Waals surface area contributed by atoms with Crippen molar-refractivity contribution in [3.8, 4) is 17.2 Å². The van der Waals surface area contributed by atoms with Gasteiger partial charge in [0.25, 0.3) is 0 Å². The van der Waals surface area contributed by atoms with Crippen molar-refractivity contribution in [1.29, 1.82) is 0 Å². The van der Waals surface area contributed by atoms with E-state index in [-0.39, 0.29) is 16.2 Å². The normalized spacial score (nSPS) is 12.7. The van der Waals surface area contributed by atoms with Gasteiger partial charge in [-0.15, -0.1) is 0 Å². The van der Waals surface area contributed by atoms with E-state index >= 15 is 0 Å². The second-order valence-corrected chi connectivity index (χ2v) is 7.86. The maximum absolute atomic E-state index is 12.4. The smallest absolute Gasteiger partial charge is 0.366 e. The molecule has 0 saturated carbocycles. The van der Waals surface area contributed by atoms with Crippen molar-refractivity contribution >= 4 is 27.5 Å². The zero-order valence-electron chi connectivity index (χ0n) is 17.9. The van der Waals surface area contributed by atoms with Crippen LogP contribution >= 0.6 is 0 Å². The highest BCUT2D eigenvalue weighted by atomic mass is 32.2. The Morgan fingerprint density at radius 2 is 1.33 bits per heavy atom. The van der Waals surface area contributed by atoms with Crippen LogP contribution in [0.15, 0.2) is 82.0 Å². The van der Waals surface area contributed by atoms with Crippen LogP contribution in [-0.2, 0) is 19.2 Å². The van der Waals surface area contributed by atoms with E-state index in [1.54, 1.807) is 18.2 Å². The summed E-state index contributed by atoms with van der Waals surface area (Å²) in [7, 11) is 0.281. The summed E-state index contributed by atoms with van der Waals surface area (Å²) in [5, 5.41) is 7.39. The predicted octanol–water partition coefficient (Wildman–Crippen LogP) is 3.11. The second-order valence-electron chi connectivity index (χ2n) is 6.33. The molecule has 3 rings (SSSR count). The van der Waals surface area contributed by atoms with Crippen LogP contribution in [0, 0.1) is 0 Å². The molecule has 0 aliphatic heterocycles. The first-order valence-electron chi connectivity index (χ1n) is 9.40. The Morgan fingerprint density at radius 1 is 0.788 bits per heavy atom. The van der Waals surface area contributed by atoms with E-state index in [4.69, 9.17) is 23.3 Å². The van der Waals surface area contributed by atoms with E-state index in [1.165, 1.54) is 69.9 Å². The van der Waals surface area contributed by atoms with E-state index in [0.29, 0.717) is 23.0 Å². The lowest BCUT2D eigenvalue weighted by Crippen LogP contribution is -2.07. The van der Waals surface area contributed by atoms with Gasteiger partial charge in [0.05, 0.1) is 26.9 Å². The fourth-order valence-corrected chi connectivity index (χ4v) is 3.40. The maximum Gasteiger partial charge on any atom is 0.366 e. The largest absolute Gasteiger partial charge is 0.493 e. The Hall–Kier alpha value is -4.12. The highest BCUT2D eigenvalue weighted by Gasteiger charge is 2.18. The summed E-state index contributed by atoms with van der Waals surface area (Å²) in [5.41, 5.74) is 0.657. The second kappa shape index (κ2) is 10.5. The van der Waals surface area contributed by atoms with Gasteiger partial charge in [-0.05, 0) is 48.6 Å². The van der Waals surface area contributed by atoms with Crippen molar-refractivity contribution in [2.24, 2.45) is 10.3 Å². The van der Waals surface area contributed by atoms with Gasteiger partial charge in [0, 0.05) is 0 Å². The van der Waals surface area contributed by atoms with Crippen LogP contribution in [0.25, 0.3) is 0 Å². The molecule has 0 fully saturated rings. The molecule has 0 spiro atoms. The van der Waals surface area contributed by atoms with Crippen LogP contribution in [0.5, 0.6) is 17.2 Å². The van der Waals surface area contributed by atoms with Gasteiger partial charge in [-0.2, -0.15) is 8.42 Å². The Labute approximate surface area is 190 Å². The summed E-state index contributed by atoms with van der Waals surface area (Å²) in [5.74, 6) is 0.171. The van der Waals surface area contributed by atoms with Crippen LogP contribution < -0.4 is 14.2 Å². The van der Waals surface area contributed by atoms with Crippen LogP contribution in [-0.4, -0.2) is 47.1 Å². The standard InChI is InChI=1S/C22H20N2O8S/c1-28-19-13-15(14-20(29-2)21(19)30-3)22(25)31-23-16-9-11-17(12-10-16)24-32-33(26,27)18-7-5-4-6-8-18/h4-14H,1-3H3. The lowest BCUT2D eigenvalue weighted by atomic mass is 10.1. The van der Waals surface area contributed by atoms with Gasteiger partial charge >= 0.3 is 16.1 Å². The first kappa shape index (κ1) is 23.5. The molecule has 0 radical (unpaired) electrons. The molecule has 0 bridgehead atoms. The minimum Gasteiger partial charge on any atom is -0.493 e. The minimum absolute atomic E-state index is 0.0147. The molecule has 2 aromatic carbocycles. The number of allylic oxidation sites excluding steroid dienone is 4. The highest BCUT2D eigenvalue weighted by molar-refractivity contribution is 7.86. The molecule has 172 valence electrons. The van der Waals surface area contributed by atoms with Crippen LogP contribution in [0.4, 0.5) is 0 Å². The Kier molecular flexibility index (Phi) is 7.46. The number of methoxy groups -OCH3 is 3. The number of oxime groups is 2. The van der Waals surface area contributed by atoms with E-state index in [9.17, 15) is 13.2 Å². The molecule has 0 atom stereocenters. The van der Waals surface area contributed by atoms with E-state index in [1.807, 2.05) is 0 Å². The third-order valence-electron chi connectivity index (χ3n) is 4.26. The van der Waals surface area contributed by atoms with Crippen LogP contribution in [0.2, 0.25) is 0 Å². The van der Waals surface area contributed by atoms with E-state index < -0.39 is 16.1 Å². The number of carbonyl (C=O) groups is 1. The zero-order valence-corrected chi connectivity index (χ0v) is 18.7. The number of hydrogen-bond acceptors (Lipinski definition) is 10. The molecule has 0 N–H and O–H groups in total. The van der Waals surface area contributed by atoms with Gasteiger partial charge in [-0.1, -0.05) is 28.5 Å². The molecular weight excluding hydrogens is 452 g/mol. The molecule has 0 heterocycles. The van der Waals surface area contributed by atoms with Crippen molar-refractivity contribution in [3.63, 3.8) is 0 Å². The summed E-state index contributed by atoms with van der Waals surface area (Å²) in [6.07, 6.45) is 5.85. The Balaban J connectivity index is 1.66. The minimum atomic E-state index is -4.03. The monoisotopic (exact) mass is 472 g/mol. The third-order valence-corrected chi connectivity index (χ3v) is 5.38. The Bertz CT molecular complexity index is 1210. The molecule has 10 nitrogen and oxygen atoms in total. The van der Waals surface area contributed by atoms with Crippen molar-refractivity contribution in [3.05, 3.63) is 72.3 Å². The highest BCUT2D eigenvalue weighted by Crippen LogP contribution is 2.38. The molecule has 0 unspecified atom stereocenters. The fraction of sp³-hybridized carbons (Fsp3) is 0.136. The topological polar surface area (TPSA) is 122 Å². The number of benzene rings is 2. The summed E-state index contributed by atoms with van der Waals surface area (Å²) < 4.78 is 44.5. The summed E-state index contributed by atoms with van der Waals surface area (Å²) in [6, 6.07) is 10.5. The molecule has 2 aromatic rings. The van der Waals surface area contributed by atoms with E-state index in [2.05, 4.69) is 10.3 Å². The lowest BCUT2D eigenvalue weighted by molar-refractivity contribution is 0.0516. The zero-order chi connectivity index (χ0) is 23.8. The summed E-state index contributed by atoms with van der Waals surface area (Å²) in [4.78, 5) is 17.4. The number of carbonyl (C=O) groups excluding carboxylic acids is 1. The number of rotatable bonds is 8. The average molecular weight is 472 g/mol. The summed E-state index contributed by atoms with van der Waals surface area (Å²) >= 11 is 0. The molecule has 11 heteroatoms. The number of nitrogens with zero attached hydrogens (tertiary/aromatic N) is 2. The third kappa shape index (κ3) is 5.77. The average Bonchev–Trinajstić information content (AvgIpc) is 2.86. The lowest BCUT2D eigenvalue weighted by Gasteiger charge is -2.13. The predicted molar refractivity (Wildman–Crippen MR) is 119 cm³/mol. The van der Waals surface area contributed by atoms with Gasteiger partial charge in [0.2, 0.25) is 5.75 Å². The van der Waals surface area contributed by atoms with Crippen molar-refractivity contribution in [2.75, 3.05) is 21.3 Å². The first-order valence-corrected chi connectivity index (χ1v) is 10.8. The van der Waals surface area contributed by atoms with Crippen LogP contribution in [0.3, 0.4) is 0 Å². The van der Waals surface area contributed by atoms with E-state index in [0.717, 1.165) is 0 Å². The maximum atomic E-state index is 12.4. The first-order chi connectivity index (χ1) is 15.9. The van der Waals surface area contributed by atoms with Gasteiger partial charge in [-0.3, -0.25) is 4.28 Å². The van der Waals surface area contributed by atoms with Gasteiger partial charge in [0.1, 0.15) is 16.3 Å². The van der Waals surface area contributed by atoms with Gasteiger partial charge in [-0.25, -0.2) is 4.79 Å². The van der Waals surface area contributed by atoms with Crippen molar-refractivity contribution in [2.45, 2.75) is 4.90 Å². The summed E-state index contributed by atoms with van der Waals surface area (Å²) in [6.45, 7) is 0. The Morgan fingerprint density at radius 3 is 1.85 bits per heavy atom. The quantitative estimate of drug-likeness (QED) is 0.326. The molecule has 33 heavy (non-hydrogen) atoms. The molecule has 0 aromatic heterocycles. The number of ether oxygens (including phenoxy) is 3. The molecule has 1 aliphatic rings.